The lowest BCUT2D eigenvalue weighted by atomic mass is 9.80. The minimum atomic E-state index is -0.191. The summed E-state index contributed by atoms with van der Waals surface area (Å²) in [6, 6.07) is 6.86. The molecule has 1 aliphatic heterocycles. The van der Waals surface area contributed by atoms with E-state index in [2.05, 4.69) is 24.8 Å². The van der Waals surface area contributed by atoms with Crippen molar-refractivity contribution >= 4 is 18.5 Å². The van der Waals surface area contributed by atoms with Gasteiger partial charge in [0, 0.05) is 19.1 Å². The maximum atomic E-state index is 12.8. The zero-order valence-corrected chi connectivity index (χ0v) is 13.0. The van der Waals surface area contributed by atoms with Crippen LogP contribution in [-0.2, 0) is 0 Å². The maximum Gasteiger partial charge on any atom is 0.123 e. The van der Waals surface area contributed by atoms with Gasteiger partial charge in [-0.2, -0.15) is 0 Å². The lowest BCUT2D eigenvalue weighted by molar-refractivity contribution is 0.105. The molecule has 1 aliphatic rings. The van der Waals surface area contributed by atoms with Gasteiger partial charge in [0.15, 0.2) is 0 Å². The number of nitrogens with two attached hydrogens (primary N) is 1. The van der Waals surface area contributed by atoms with Gasteiger partial charge in [-0.1, -0.05) is 38.1 Å². The highest BCUT2D eigenvalue weighted by atomic mass is 35.5. The van der Waals surface area contributed by atoms with Gasteiger partial charge in [0.2, 0.25) is 0 Å². The van der Waals surface area contributed by atoms with Crippen molar-refractivity contribution < 1.29 is 4.39 Å². The molecule has 0 saturated carbocycles. The fourth-order valence-corrected chi connectivity index (χ4v) is 2.55. The molecule has 1 unspecified atom stereocenters. The van der Waals surface area contributed by atoms with E-state index in [1.54, 1.807) is 12.1 Å². The Morgan fingerprint density at radius 3 is 2.60 bits per heavy atom. The van der Waals surface area contributed by atoms with Crippen molar-refractivity contribution in [3.63, 3.8) is 0 Å². The summed E-state index contributed by atoms with van der Waals surface area (Å²) >= 11 is 0. The minimum absolute atomic E-state index is 0. The molecule has 1 atom stereocenters. The lowest BCUT2D eigenvalue weighted by Gasteiger charge is -2.42. The Hall–Kier alpha value is -0.900. The van der Waals surface area contributed by atoms with Crippen LogP contribution in [0.3, 0.4) is 0 Å². The molecular formula is C16H24ClFN2. The first-order valence-corrected chi connectivity index (χ1v) is 6.87. The van der Waals surface area contributed by atoms with Crippen molar-refractivity contribution in [2.24, 2.45) is 11.1 Å². The number of halogens is 2. The average molecular weight is 299 g/mol. The zero-order valence-electron chi connectivity index (χ0n) is 12.2. The first-order chi connectivity index (χ1) is 8.97. The minimum Gasteiger partial charge on any atom is -0.327 e. The van der Waals surface area contributed by atoms with Crippen LogP contribution >= 0.6 is 12.4 Å². The third-order valence-corrected chi connectivity index (χ3v) is 3.94. The summed E-state index contributed by atoms with van der Waals surface area (Å²) in [4.78, 5) is 2.42. The van der Waals surface area contributed by atoms with Crippen LogP contribution in [0.5, 0.6) is 0 Å². The van der Waals surface area contributed by atoms with Gasteiger partial charge in [-0.25, -0.2) is 4.39 Å². The number of benzene rings is 1. The van der Waals surface area contributed by atoms with Crippen LogP contribution in [0.15, 0.2) is 30.3 Å². The Balaban J connectivity index is 0.00000200. The van der Waals surface area contributed by atoms with Gasteiger partial charge in [0.1, 0.15) is 5.82 Å². The molecule has 1 aromatic carbocycles. The molecule has 0 amide bonds. The van der Waals surface area contributed by atoms with Crippen LogP contribution < -0.4 is 5.73 Å². The summed E-state index contributed by atoms with van der Waals surface area (Å²) in [6.45, 7) is 7.47. The van der Waals surface area contributed by atoms with Gasteiger partial charge >= 0.3 is 0 Å². The molecule has 112 valence electrons. The number of piperidine rings is 1. The van der Waals surface area contributed by atoms with Gasteiger partial charge in [-0.05, 0) is 36.1 Å². The van der Waals surface area contributed by atoms with Crippen molar-refractivity contribution in [1.29, 1.82) is 0 Å². The number of rotatable bonds is 3. The number of hydrogen-bond donors (Lipinski definition) is 1. The van der Waals surface area contributed by atoms with E-state index < -0.39 is 0 Å². The summed E-state index contributed by atoms with van der Waals surface area (Å²) in [5.74, 6) is -0.191. The van der Waals surface area contributed by atoms with E-state index in [9.17, 15) is 4.39 Å². The molecule has 0 bridgehead atoms. The van der Waals surface area contributed by atoms with Crippen LogP contribution in [0.2, 0.25) is 0 Å². The molecule has 20 heavy (non-hydrogen) atoms. The fraction of sp³-hybridized carbons (Fsp3) is 0.500. The second-order valence-corrected chi connectivity index (χ2v) is 6.07. The van der Waals surface area contributed by atoms with Crippen LogP contribution in [0.1, 0.15) is 25.8 Å². The summed E-state index contributed by atoms with van der Waals surface area (Å²) < 4.78 is 12.8. The highest BCUT2D eigenvalue weighted by molar-refractivity contribution is 5.85. The Kier molecular flexibility index (Phi) is 6.18. The first-order valence-electron chi connectivity index (χ1n) is 6.87. The van der Waals surface area contributed by atoms with Crippen LogP contribution in [0.25, 0.3) is 6.08 Å². The summed E-state index contributed by atoms with van der Waals surface area (Å²) in [6.07, 6.45) is 5.23. The van der Waals surface area contributed by atoms with Gasteiger partial charge < -0.3 is 5.73 Å². The summed E-state index contributed by atoms with van der Waals surface area (Å²) in [7, 11) is 0. The summed E-state index contributed by atoms with van der Waals surface area (Å²) in [5, 5.41) is 0. The van der Waals surface area contributed by atoms with Gasteiger partial charge in [0.05, 0.1) is 0 Å². The molecule has 0 spiro atoms. The quantitative estimate of drug-likeness (QED) is 0.927. The third kappa shape index (κ3) is 4.58. The fourth-order valence-electron chi connectivity index (χ4n) is 2.55. The van der Waals surface area contributed by atoms with Crippen molar-refractivity contribution in [3.05, 3.63) is 41.7 Å². The molecule has 2 rings (SSSR count). The Morgan fingerprint density at radius 2 is 2.00 bits per heavy atom. The zero-order chi connectivity index (χ0) is 13.9. The SMILES string of the molecule is CC1(C)CN(C/C=C/c2ccc(F)cc2)CCC1N.Cl. The van der Waals surface area contributed by atoms with Crippen molar-refractivity contribution in [3.8, 4) is 0 Å². The Bertz CT molecular complexity index is 442. The van der Waals surface area contributed by atoms with E-state index in [1.165, 1.54) is 12.1 Å². The largest absolute Gasteiger partial charge is 0.327 e. The lowest BCUT2D eigenvalue weighted by Crippen LogP contribution is -2.52. The van der Waals surface area contributed by atoms with Crippen LogP contribution in [-0.4, -0.2) is 30.6 Å². The maximum absolute atomic E-state index is 12.8. The Morgan fingerprint density at radius 1 is 1.35 bits per heavy atom. The predicted octanol–water partition coefficient (Wildman–Crippen LogP) is 3.32. The molecule has 1 fully saturated rings. The second kappa shape index (κ2) is 7.21. The van der Waals surface area contributed by atoms with E-state index in [0.29, 0.717) is 6.04 Å². The van der Waals surface area contributed by atoms with Crippen LogP contribution in [0, 0.1) is 11.2 Å². The van der Waals surface area contributed by atoms with Crippen molar-refractivity contribution in [1.82, 2.24) is 4.90 Å². The molecule has 0 aliphatic carbocycles. The van der Waals surface area contributed by atoms with Crippen LogP contribution in [0.4, 0.5) is 4.39 Å². The number of nitrogens with zero attached hydrogens (tertiary/aromatic N) is 1. The monoisotopic (exact) mass is 298 g/mol. The molecule has 1 aromatic rings. The number of likely N-dealkylation sites (tertiary alicyclic amines) is 1. The van der Waals surface area contributed by atoms with Crippen molar-refractivity contribution in [2.45, 2.75) is 26.3 Å². The molecule has 1 saturated heterocycles. The van der Waals surface area contributed by atoms with Crippen molar-refractivity contribution in [2.75, 3.05) is 19.6 Å². The molecule has 0 aromatic heterocycles. The molecule has 2 nitrogen and oxygen atoms in total. The smallest absolute Gasteiger partial charge is 0.123 e. The molecular weight excluding hydrogens is 275 g/mol. The van der Waals surface area contributed by atoms with E-state index in [-0.39, 0.29) is 23.6 Å². The normalized spacial score (nSPS) is 22.7. The van der Waals surface area contributed by atoms with E-state index >= 15 is 0 Å². The van der Waals surface area contributed by atoms with E-state index in [1.807, 2.05) is 6.08 Å². The third-order valence-electron chi connectivity index (χ3n) is 3.94. The summed E-state index contributed by atoms with van der Waals surface area (Å²) in [5.41, 5.74) is 7.35. The highest BCUT2D eigenvalue weighted by Gasteiger charge is 2.32. The standard InChI is InChI=1S/C16H23FN2.ClH/c1-16(2)12-19(11-9-15(16)18)10-3-4-13-5-7-14(17)8-6-13;/h3-8,15H,9-12,18H2,1-2H3;1H/b4-3+;. The highest BCUT2D eigenvalue weighted by Crippen LogP contribution is 2.27. The molecule has 1 heterocycles. The molecule has 4 heteroatoms. The topological polar surface area (TPSA) is 29.3 Å². The average Bonchev–Trinajstić information content (AvgIpc) is 2.36. The van der Waals surface area contributed by atoms with Gasteiger partial charge in [-0.15, -0.1) is 12.4 Å². The number of hydrogen-bond acceptors (Lipinski definition) is 2. The second-order valence-electron chi connectivity index (χ2n) is 6.07. The van der Waals surface area contributed by atoms with Gasteiger partial charge in [0.25, 0.3) is 0 Å². The Labute approximate surface area is 127 Å². The predicted molar refractivity (Wildman–Crippen MR) is 85.5 cm³/mol. The van der Waals surface area contributed by atoms with E-state index in [0.717, 1.165) is 31.6 Å². The first kappa shape index (κ1) is 17.2. The van der Waals surface area contributed by atoms with Gasteiger partial charge in [-0.3, -0.25) is 4.90 Å². The van der Waals surface area contributed by atoms with E-state index in [4.69, 9.17) is 5.73 Å². The molecule has 0 radical (unpaired) electrons. The molecule has 2 N–H and O–H groups in total.